The molecule has 0 radical (unpaired) electrons. The molecule has 1 aliphatic carbocycles. The smallest absolute Gasteiger partial charge is 0.255 e. The molecule has 0 saturated heterocycles. The number of likely N-dealkylation sites (N-methyl/N-ethyl adjacent to an activating group) is 2. The highest BCUT2D eigenvalue weighted by Gasteiger charge is 2.34. The first-order chi connectivity index (χ1) is 19.5. The minimum absolute atomic E-state index is 0. The number of nitrogens with one attached hydrogen (secondary N) is 1. The predicted molar refractivity (Wildman–Crippen MR) is 165 cm³/mol. The second-order valence-corrected chi connectivity index (χ2v) is 11.5. The first-order valence-electron chi connectivity index (χ1n) is 14.1. The molecule has 1 heterocycles. The molecule has 8 nitrogen and oxygen atoms in total. The van der Waals surface area contributed by atoms with E-state index in [1.54, 1.807) is 18.2 Å². The summed E-state index contributed by atoms with van der Waals surface area (Å²) in [6, 6.07) is 13.3. The number of nitrogen functional groups attached to an aromatic ring is 1. The van der Waals surface area contributed by atoms with E-state index >= 15 is 0 Å². The molecule has 5 rings (SSSR count). The summed E-state index contributed by atoms with van der Waals surface area (Å²) in [7, 11) is 5.84. The average molecular weight is 709 g/mol. The minimum atomic E-state index is -0.201. The van der Waals surface area contributed by atoms with Gasteiger partial charge >= 0.3 is 0 Å². The topological polar surface area (TPSA) is 108 Å². The lowest BCUT2D eigenvalue weighted by Gasteiger charge is -2.39. The molecule has 3 aromatic carbocycles. The molecule has 1 amide bonds. The number of hydrogen-bond acceptors (Lipinski definition) is 6. The van der Waals surface area contributed by atoms with Crippen molar-refractivity contribution in [3.05, 3.63) is 69.7 Å². The van der Waals surface area contributed by atoms with Crippen molar-refractivity contribution in [3.8, 4) is 28.4 Å². The van der Waals surface area contributed by atoms with Crippen LogP contribution in [0.15, 0.2) is 42.5 Å². The average Bonchev–Trinajstić information content (AvgIpc) is 2.98. The number of benzene rings is 3. The van der Waals surface area contributed by atoms with Crippen molar-refractivity contribution in [2.75, 3.05) is 59.7 Å². The fourth-order valence-electron chi connectivity index (χ4n) is 5.66. The number of rotatable bonds is 7. The minimum Gasteiger partial charge on any atom is -1.00 e. The number of phenols is 2. The number of fused-ring (bicyclic) bond motifs is 2. The van der Waals surface area contributed by atoms with E-state index in [-0.39, 0.29) is 41.4 Å². The van der Waals surface area contributed by atoms with Crippen LogP contribution in [0, 0.1) is 0 Å². The van der Waals surface area contributed by atoms with Crippen LogP contribution in [-0.2, 0) is 12.8 Å². The van der Waals surface area contributed by atoms with Gasteiger partial charge in [-0.2, -0.15) is 0 Å². The summed E-state index contributed by atoms with van der Waals surface area (Å²) in [5.41, 5.74) is 12.2. The van der Waals surface area contributed by atoms with Crippen LogP contribution in [0.2, 0.25) is 5.02 Å². The lowest BCUT2D eigenvalue weighted by atomic mass is 9.77. The van der Waals surface area contributed by atoms with E-state index in [2.05, 4.69) is 56.4 Å². The van der Waals surface area contributed by atoms with Gasteiger partial charge in [-0.25, -0.2) is 0 Å². The number of aromatic hydroxyl groups is 2. The van der Waals surface area contributed by atoms with Gasteiger partial charge in [0.1, 0.15) is 5.75 Å². The number of carbonyl (C=O) groups excluding carboxylic acids is 1. The Balaban J connectivity index is 0.000000225. The predicted octanol–water partition coefficient (Wildman–Crippen LogP) is 2.00. The highest BCUT2D eigenvalue weighted by Crippen LogP contribution is 2.49. The number of nitrogens with zero attached hydrogens (tertiary/aromatic N) is 2. The molecule has 3 aromatic rings. The number of carbonyl (C=O) groups is 1. The van der Waals surface area contributed by atoms with E-state index in [1.165, 1.54) is 18.2 Å². The lowest BCUT2D eigenvalue weighted by molar-refractivity contribution is -0.904. The van der Waals surface area contributed by atoms with Crippen LogP contribution in [-0.4, -0.2) is 79.4 Å². The van der Waals surface area contributed by atoms with Gasteiger partial charge in [0.2, 0.25) is 0 Å². The Morgan fingerprint density at radius 1 is 1.17 bits per heavy atom. The fraction of sp³-hybridized carbons (Fsp3) is 0.406. The Morgan fingerprint density at radius 3 is 2.55 bits per heavy atom. The standard InChI is InChI=1S/C17H17NO2.C15H24ClN3O2.HI/c1-18-8-7-10-3-2-4-12-15(10)13(18)9-11-5-6-14(19)17(20)16(11)12;1-5-19(3,6-2)8-7-18-15(20)11-9-12(16)13(17)10-14(11)21-4;/h2-6,13,19-20H,7-9H2,1H3;9-10H,5-8H2,1-4H3,(H2-,17,18,20);1H/t13-;;/m1../s1. The lowest BCUT2D eigenvalue weighted by Crippen LogP contribution is -3.00. The summed E-state index contributed by atoms with van der Waals surface area (Å²) in [5.74, 6) is 0.205. The maximum absolute atomic E-state index is 12.3. The van der Waals surface area contributed by atoms with Crippen LogP contribution in [0.3, 0.4) is 0 Å². The van der Waals surface area contributed by atoms with Gasteiger partial charge in [0, 0.05) is 24.2 Å². The summed E-state index contributed by atoms with van der Waals surface area (Å²) in [4.78, 5) is 14.6. The molecule has 2 aliphatic rings. The third-order valence-electron chi connectivity index (χ3n) is 8.75. The number of amides is 1. The maximum atomic E-state index is 12.3. The molecular weight excluding hydrogens is 667 g/mol. The van der Waals surface area contributed by atoms with Crippen molar-refractivity contribution < 1.29 is 48.2 Å². The molecule has 0 fully saturated rings. The van der Waals surface area contributed by atoms with Crippen molar-refractivity contribution in [1.29, 1.82) is 0 Å². The number of hydrogen-bond donors (Lipinski definition) is 4. The van der Waals surface area contributed by atoms with Crippen LogP contribution in [0.5, 0.6) is 17.2 Å². The van der Waals surface area contributed by atoms with Gasteiger partial charge < -0.3 is 54.5 Å². The van der Waals surface area contributed by atoms with Gasteiger partial charge in [0.15, 0.2) is 11.5 Å². The molecule has 0 unspecified atom stereocenters. The summed E-state index contributed by atoms with van der Waals surface area (Å²) in [6.07, 6.45) is 1.94. The molecule has 10 heteroatoms. The maximum Gasteiger partial charge on any atom is 0.255 e. The Hall–Kier alpha value is -2.73. The zero-order valence-electron chi connectivity index (χ0n) is 25.0. The molecule has 0 aromatic heterocycles. The molecule has 0 saturated carbocycles. The van der Waals surface area contributed by atoms with Gasteiger partial charge in [-0.15, -0.1) is 0 Å². The second kappa shape index (κ2) is 14.2. The van der Waals surface area contributed by atoms with E-state index in [4.69, 9.17) is 22.1 Å². The third-order valence-corrected chi connectivity index (χ3v) is 9.08. The molecule has 228 valence electrons. The zero-order chi connectivity index (χ0) is 29.9. The molecule has 0 spiro atoms. The van der Waals surface area contributed by atoms with Crippen molar-refractivity contribution in [3.63, 3.8) is 0 Å². The summed E-state index contributed by atoms with van der Waals surface area (Å²) < 4.78 is 6.11. The van der Waals surface area contributed by atoms with Gasteiger partial charge in [-0.1, -0.05) is 35.9 Å². The second-order valence-electron chi connectivity index (χ2n) is 11.1. The van der Waals surface area contributed by atoms with E-state index in [9.17, 15) is 15.0 Å². The van der Waals surface area contributed by atoms with Crippen LogP contribution in [0.1, 0.15) is 46.9 Å². The number of phenolic OH excluding ortho intramolecular Hbond substituents is 2. The highest BCUT2D eigenvalue weighted by atomic mass is 127. The largest absolute Gasteiger partial charge is 1.00 e. The van der Waals surface area contributed by atoms with E-state index in [1.807, 2.05) is 6.07 Å². The van der Waals surface area contributed by atoms with Crippen LogP contribution < -0.4 is 39.8 Å². The molecule has 42 heavy (non-hydrogen) atoms. The SMILES string of the molecule is CC[N+](C)(CC)CCNC(=O)c1cc(Cl)c(N)cc1OC.CN1CCc2cccc3c2[C@H]1Cc1ccc(O)c(O)c1-3.[I-]. The number of nitrogens with two attached hydrogens (primary N) is 1. The van der Waals surface area contributed by atoms with Crippen molar-refractivity contribution in [2.24, 2.45) is 0 Å². The molecule has 1 atom stereocenters. The first kappa shape index (κ1) is 33.8. The zero-order valence-corrected chi connectivity index (χ0v) is 27.9. The molecule has 1 aliphatic heterocycles. The first-order valence-corrected chi connectivity index (χ1v) is 14.5. The van der Waals surface area contributed by atoms with Gasteiger partial charge in [0.25, 0.3) is 5.91 Å². The monoisotopic (exact) mass is 708 g/mol. The normalized spacial score (nSPS) is 15.3. The van der Waals surface area contributed by atoms with Crippen LogP contribution >= 0.6 is 11.6 Å². The highest BCUT2D eigenvalue weighted by molar-refractivity contribution is 6.33. The van der Waals surface area contributed by atoms with Crippen LogP contribution in [0.4, 0.5) is 5.69 Å². The summed E-state index contributed by atoms with van der Waals surface area (Å²) in [5, 5.41) is 23.3. The number of anilines is 1. The molecular formula is C32H42ClIN4O4. The van der Waals surface area contributed by atoms with E-state index < -0.39 is 0 Å². The number of halogens is 2. The molecule has 5 N–H and O–H groups in total. The van der Waals surface area contributed by atoms with Gasteiger partial charge in [-0.05, 0) is 68.1 Å². The Labute approximate surface area is 271 Å². The number of methoxy groups -OCH3 is 1. The van der Waals surface area contributed by atoms with Gasteiger partial charge in [-0.3, -0.25) is 9.69 Å². The Bertz CT molecular complexity index is 1430. The summed E-state index contributed by atoms with van der Waals surface area (Å²) in [6.45, 7) is 8.90. The third kappa shape index (κ3) is 6.90. The Kier molecular flexibility index (Phi) is 11.4. The Morgan fingerprint density at radius 2 is 1.88 bits per heavy atom. The van der Waals surface area contributed by atoms with Crippen molar-refractivity contribution in [1.82, 2.24) is 10.2 Å². The quantitative estimate of drug-likeness (QED) is 0.130. The van der Waals surface area contributed by atoms with E-state index in [0.717, 1.165) is 60.2 Å². The fourth-order valence-corrected chi connectivity index (χ4v) is 5.83. The molecule has 0 bridgehead atoms. The van der Waals surface area contributed by atoms with Crippen molar-refractivity contribution in [2.45, 2.75) is 32.7 Å². The number of quaternary nitrogens is 1. The van der Waals surface area contributed by atoms with Gasteiger partial charge in [0.05, 0.1) is 56.6 Å². The summed E-state index contributed by atoms with van der Waals surface area (Å²) >= 11 is 5.97. The van der Waals surface area contributed by atoms with E-state index in [0.29, 0.717) is 34.6 Å². The number of ether oxygens (including phenoxy) is 1. The van der Waals surface area contributed by atoms with Crippen LogP contribution in [0.25, 0.3) is 11.1 Å². The van der Waals surface area contributed by atoms with Crippen molar-refractivity contribution >= 4 is 23.2 Å².